The number of amides is 2. The fraction of sp³-hybridized carbons (Fsp3) is 0.297. The van der Waals surface area contributed by atoms with Gasteiger partial charge in [0.25, 0.3) is 17.4 Å². The normalized spacial score (nSPS) is 22.5. The summed E-state index contributed by atoms with van der Waals surface area (Å²) in [5.41, 5.74) is -3.29. The molecular formula is C37H27Cl2F5N6O8. The molecular weight excluding hydrogens is 822 g/mol. The summed E-state index contributed by atoms with van der Waals surface area (Å²) in [6.07, 6.45) is 0.427. The minimum atomic E-state index is -2.76. The maximum atomic E-state index is 15.3. The van der Waals surface area contributed by atoms with Gasteiger partial charge in [-0.25, -0.2) is 55.4 Å². The van der Waals surface area contributed by atoms with Crippen LogP contribution in [0.25, 0.3) is 11.0 Å². The largest absolute Gasteiger partial charge is 0.508 e. The molecule has 4 atom stereocenters. The van der Waals surface area contributed by atoms with Gasteiger partial charge in [-0.15, -0.1) is 23.2 Å². The van der Waals surface area contributed by atoms with Crippen LogP contribution in [0.15, 0.2) is 62.4 Å². The Labute approximate surface area is 331 Å². The molecule has 1 saturated carbocycles. The molecule has 0 radical (unpaired) electrons. The smallest absolute Gasteiger partial charge is 0.347 e. The lowest BCUT2D eigenvalue weighted by Crippen LogP contribution is -2.59. The lowest BCUT2D eigenvalue weighted by molar-refractivity contribution is -0.122. The first-order chi connectivity index (χ1) is 27.4. The van der Waals surface area contributed by atoms with Gasteiger partial charge in [0.1, 0.15) is 17.1 Å². The molecule has 21 heteroatoms. The molecule has 1 N–H and O–H groups in total. The van der Waals surface area contributed by atoms with Crippen molar-refractivity contribution in [1.82, 2.24) is 23.5 Å². The number of phenols is 1. The van der Waals surface area contributed by atoms with Gasteiger partial charge in [0.15, 0.2) is 44.5 Å². The lowest BCUT2D eigenvalue weighted by Gasteiger charge is -2.49. The number of alkyl halides is 2. The third-order valence-corrected chi connectivity index (χ3v) is 12.4. The number of hydrogen-bond donors (Lipinski definition) is 1. The molecule has 0 unspecified atom stereocenters. The van der Waals surface area contributed by atoms with Gasteiger partial charge in [0, 0.05) is 44.5 Å². The van der Waals surface area contributed by atoms with Gasteiger partial charge < -0.3 is 19.1 Å². The molecule has 2 amide bonds. The van der Waals surface area contributed by atoms with E-state index in [9.17, 15) is 42.3 Å². The average molecular weight is 850 g/mol. The molecule has 302 valence electrons. The predicted octanol–water partition coefficient (Wildman–Crippen LogP) is 3.92. The third kappa shape index (κ3) is 5.07. The first kappa shape index (κ1) is 38.9. The minimum absolute atomic E-state index is 0.0125. The molecule has 4 heterocycles. The number of aryl methyl sites for hydroxylation is 2. The van der Waals surface area contributed by atoms with Crippen molar-refractivity contribution >= 4 is 51.7 Å². The molecule has 0 spiro atoms. The number of imide groups is 1. The van der Waals surface area contributed by atoms with Crippen LogP contribution in [0.2, 0.25) is 0 Å². The summed E-state index contributed by atoms with van der Waals surface area (Å²) in [5, 5.41) is 10.1. The Hall–Kier alpha value is -5.95. The molecule has 0 bridgehead atoms. The third-order valence-electron chi connectivity index (χ3n) is 11.0. The van der Waals surface area contributed by atoms with Gasteiger partial charge >= 0.3 is 11.4 Å². The summed E-state index contributed by atoms with van der Waals surface area (Å²) in [6, 6.07) is 6.71. The van der Waals surface area contributed by atoms with Crippen LogP contribution in [0, 0.1) is 29.1 Å². The molecule has 3 aliphatic rings. The van der Waals surface area contributed by atoms with E-state index in [0.717, 1.165) is 13.9 Å². The van der Waals surface area contributed by atoms with Crippen molar-refractivity contribution in [3.8, 4) is 17.2 Å². The zero-order valence-electron chi connectivity index (χ0n) is 30.2. The van der Waals surface area contributed by atoms with Gasteiger partial charge in [0.2, 0.25) is 5.82 Å². The fourth-order valence-corrected chi connectivity index (χ4v) is 9.11. The number of allylic oxidation sites excluding steroid dienone is 2. The number of aromatic hydroxyl groups is 1. The number of fused-ring (bicyclic) bond motifs is 5. The number of methoxy groups -OCH3 is 2. The number of rotatable bonds is 7. The predicted molar refractivity (Wildman–Crippen MR) is 195 cm³/mol. The molecule has 2 fully saturated rings. The molecule has 3 aromatic carbocycles. The van der Waals surface area contributed by atoms with Crippen molar-refractivity contribution in [3.05, 3.63) is 120 Å². The minimum Gasteiger partial charge on any atom is -0.508 e. The number of ether oxygens (including phenoxy) is 2. The Kier molecular flexibility index (Phi) is 8.92. The number of carbonyl (C=O) groups excluding carboxylic acids is 2. The van der Waals surface area contributed by atoms with E-state index in [1.807, 2.05) is 0 Å². The highest BCUT2D eigenvalue weighted by atomic mass is 35.5. The van der Waals surface area contributed by atoms with Crippen LogP contribution in [0.1, 0.15) is 29.6 Å². The van der Waals surface area contributed by atoms with E-state index in [-0.39, 0.29) is 47.0 Å². The summed E-state index contributed by atoms with van der Waals surface area (Å²) in [4.78, 5) is 68.9. The van der Waals surface area contributed by atoms with E-state index in [2.05, 4.69) is 4.98 Å². The quantitative estimate of drug-likeness (QED) is 0.0640. The van der Waals surface area contributed by atoms with Gasteiger partial charge in [-0.1, -0.05) is 18.2 Å². The van der Waals surface area contributed by atoms with Crippen LogP contribution in [0.5, 0.6) is 17.2 Å². The average Bonchev–Trinajstić information content (AvgIpc) is 3.54. The molecule has 1 saturated heterocycles. The molecule has 1 aliphatic carbocycles. The van der Waals surface area contributed by atoms with Crippen LogP contribution in [0.4, 0.5) is 27.6 Å². The van der Waals surface area contributed by atoms with Crippen LogP contribution in [0.3, 0.4) is 0 Å². The molecule has 2 aliphatic heterocycles. The number of benzene rings is 3. The van der Waals surface area contributed by atoms with E-state index in [4.69, 9.17) is 32.7 Å². The zero-order valence-corrected chi connectivity index (χ0v) is 31.7. The van der Waals surface area contributed by atoms with Crippen LogP contribution in [-0.2, 0) is 36.1 Å². The van der Waals surface area contributed by atoms with Crippen molar-refractivity contribution in [2.75, 3.05) is 19.1 Å². The summed E-state index contributed by atoms with van der Waals surface area (Å²) in [5.74, 6) is -16.9. The van der Waals surface area contributed by atoms with Crippen molar-refractivity contribution in [1.29, 1.82) is 0 Å². The summed E-state index contributed by atoms with van der Waals surface area (Å²) in [6.45, 7) is -0.684. The van der Waals surface area contributed by atoms with E-state index in [0.29, 0.717) is 22.5 Å². The number of anilines is 1. The topological polar surface area (TPSA) is 160 Å². The Morgan fingerprint density at radius 1 is 0.862 bits per heavy atom. The lowest BCUT2D eigenvalue weighted by atomic mass is 9.64. The molecule has 58 heavy (non-hydrogen) atoms. The first-order valence-corrected chi connectivity index (χ1v) is 18.0. The number of phenolic OH excluding ortho intramolecular Hbond substituents is 1. The van der Waals surface area contributed by atoms with Gasteiger partial charge in [-0.3, -0.25) is 14.4 Å². The monoisotopic (exact) mass is 848 g/mol. The van der Waals surface area contributed by atoms with E-state index in [1.54, 1.807) is 12.1 Å². The second-order valence-electron chi connectivity index (χ2n) is 13.8. The van der Waals surface area contributed by atoms with E-state index >= 15 is 8.78 Å². The second kappa shape index (κ2) is 13.3. The number of halogens is 7. The second-order valence-corrected chi connectivity index (χ2v) is 15.1. The Morgan fingerprint density at radius 3 is 2.09 bits per heavy atom. The summed E-state index contributed by atoms with van der Waals surface area (Å²) in [7, 11) is 4.35. The molecule has 14 nitrogen and oxygen atoms in total. The first-order valence-electron chi connectivity index (χ1n) is 17.2. The summed E-state index contributed by atoms with van der Waals surface area (Å²) >= 11 is 14.2. The number of aromatic nitrogens is 5. The maximum absolute atomic E-state index is 15.3. The van der Waals surface area contributed by atoms with Crippen molar-refractivity contribution in [2.24, 2.45) is 7.05 Å². The maximum Gasteiger partial charge on any atom is 0.347 e. The van der Waals surface area contributed by atoms with Gasteiger partial charge in [0.05, 0.1) is 37.8 Å². The highest BCUT2D eigenvalue weighted by Gasteiger charge is 2.76. The fourth-order valence-electron chi connectivity index (χ4n) is 8.20. The number of hydrogen-bond acceptors (Lipinski definition) is 9. The summed E-state index contributed by atoms with van der Waals surface area (Å²) < 4.78 is 88.3. The molecule has 5 aromatic rings. The number of carbonyl (C=O) groups is 2. The SMILES string of the molecule is COc1cc2nc(CCn3c(=O)n4n(c3=O)[C@@H]3C[C@@]5(Cl)C(=O)N(c6c(F)c(F)c(F)c(F)c6F)C(=O)[C@@]5(Cl)[C@@H](c5ccc(O)cc5)C3=CC4)c(=O)n(C)c2cc1OC. The van der Waals surface area contributed by atoms with Crippen molar-refractivity contribution in [2.45, 2.75) is 47.6 Å². The Balaban J connectivity index is 1.24. The van der Waals surface area contributed by atoms with Crippen LogP contribution < -0.4 is 31.3 Å². The Bertz CT molecular complexity index is 2850. The van der Waals surface area contributed by atoms with Crippen molar-refractivity contribution < 1.29 is 46.1 Å². The van der Waals surface area contributed by atoms with Crippen LogP contribution in [-0.4, -0.2) is 64.4 Å². The zero-order chi connectivity index (χ0) is 41.9. The van der Waals surface area contributed by atoms with Crippen LogP contribution >= 0.6 is 23.2 Å². The Morgan fingerprint density at radius 2 is 1.47 bits per heavy atom. The van der Waals surface area contributed by atoms with E-state index < -0.39 is 91.7 Å². The standard InChI is InChI=1S/C37H27Cl2F5N6O8/c1-46-20-13-23(58-3)22(57-2)12-19(20)45-18(31(46)52)9-10-47-34(55)48-11-8-17-21(50(48)35(47)56)14-36(38)32(53)49(30-28(43)26(41)25(40)27(42)29(30)44)33(54)37(36,39)24(17)15-4-6-16(51)7-5-15/h4-8,12-13,21,24,51H,9-11,14H2,1-3H3/t21-,24+,36-,37+/m1/s1. The van der Waals surface area contributed by atoms with E-state index in [1.165, 1.54) is 56.2 Å². The molecule has 8 rings (SSSR count). The molecule has 2 aromatic heterocycles. The van der Waals surface area contributed by atoms with Gasteiger partial charge in [-0.05, 0) is 23.3 Å². The van der Waals surface area contributed by atoms with Crippen molar-refractivity contribution in [3.63, 3.8) is 0 Å². The highest BCUT2D eigenvalue weighted by molar-refractivity contribution is 6.58. The van der Waals surface area contributed by atoms with Gasteiger partial charge in [-0.2, -0.15) is 0 Å². The number of nitrogens with zero attached hydrogens (tertiary/aromatic N) is 6. The highest BCUT2D eigenvalue weighted by Crippen LogP contribution is 2.64.